The molecule has 1 atom stereocenters. The van der Waals surface area contributed by atoms with Crippen molar-refractivity contribution in [3.05, 3.63) is 35.6 Å². The second-order valence-electron chi connectivity index (χ2n) is 8.57. The third-order valence-corrected chi connectivity index (χ3v) is 6.95. The Kier molecular flexibility index (Phi) is 5.02. The van der Waals surface area contributed by atoms with E-state index in [2.05, 4.69) is 16.0 Å². The summed E-state index contributed by atoms with van der Waals surface area (Å²) in [5, 5.41) is 10.0. The average molecular weight is 359 g/mol. The number of nitrogens with one attached hydrogen (secondary N) is 3. The minimum Gasteiger partial charge on any atom is -0.354 e. The van der Waals surface area contributed by atoms with Gasteiger partial charge in [-0.1, -0.05) is 31.0 Å². The van der Waals surface area contributed by atoms with Crippen LogP contribution in [0.25, 0.3) is 0 Å². The zero-order valence-electron chi connectivity index (χ0n) is 15.5. The lowest BCUT2D eigenvalue weighted by Crippen LogP contribution is -2.46. The van der Waals surface area contributed by atoms with E-state index >= 15 is 0 Å². The molecule has 0 radical (unpaired) electrons. The minimum atomic E-state index is -0.244. The van der Waals surface area contributed by atoms with E-state index in [1.54, 1.807) is 6.07 Å². The third kappa shape index (κ3) is 3.39. The highest BCUT2D eigenvalue weighted by molar-refractivity contribution is 5.82. The molecule has 26 heavy (non-hydrogen) atoms. The molecule has 0 aromatic heterocycles. The largest absolute Gasteiger partial charge is 0.354 e. The molecule has 2 aliphatic heterocycles. The van der Waals surface area contributed by atoms with Crippen LogP contribution < -0.4 is 16.0 Å². The maximum absolute atomic E-state index is 14.4. The van der Waals surface area contributed by atoms with Crippen molar-refractivity contribution in [3.8, 4) is 0 Å². The van der Waals surface area contributed by atoms with Crippen LogP contribution in [0.1, 0.15) is 50.5 Å². The smallest absolute Gasteiger partial charge is 0.237 e. The van der Waals surface area contributed by atoms with Gasteiger partial charge in [0.15, 0.2) is 0 Å². The normalized spacial score (nSPS) is 26.9. The summed E-state index contributed by atoms with van der Waals surface area (Å²) in [6.45, 7) is 3.57. The highest BCUT2D eigenvalue weighted by atomic mass is 19.1. The number of piperidine rings is 1. The van der Waals surface area contributed by atoms with E-state index in [1.807, 2.05) is 12.1 Å². The predicted molar refractivity (Wildman–Crippen MR) is 101 cm³/mol. The van der Waals surface area contributed by atoms with Crippen LogP contribution in [0.4, 0.5) is 4.39 Å². The number of amides is 1. The van der Waals surface area contributed by atoms with Gasteiger partial charge in [-0.2, -0.15) is 0 Å². The number of carbonyl (C=O) groups excluding carboxylic acids is 1. The van der Waals surface area contributed by atoms with E-state index in [4.69, 9.17) is 0 Å². The van der Waals surface area contributed by atoms with Gasteiger partial charge in [0.2, 0.25) is 5.91 Å². The Morgan fingerprint density at radius 2 is 1.88 bits per heavy atom. The van der Waals surface area contributed by atoms with Crippen LogP contribution >= 0.6 is 0 Å². The van der Waals surface area contributed by atoms with Gasteiger partial charge in [-0.3, -0.25) is 4.79 Å². The summed E-state index contributed by atoms with van der Waals surface area (Å²) in [6, 6.07) is 6.97. The van der Waals surface area contributed by atoms with E-state index in [9.17, 15) is 9.18 Å². The molecule has 1 aliphatic carbocycles. The molecule has 1 amide bonds. The Bertz CT molecular complexity index is 650. The highest BCUT2D eigenvalue weighted by Gasteiger charge is 2.43. The zero-order valence-corrected chi connectivity index (χ0v) is 15.5. The minimum absolute atomic E-state index is 0.0861. The van der Waals surface area contributed by atoms with E-state index < -0.39 is 0 Å². The summed E-state index contributed by atoms with van der Waals surface area (Å²) in [4.78, 5) is 12.8. The second kappa shape index (κ2) is 7.28. The predicted octanol–water partition coefficient (Wildman–Crippen LogP) is 2.49. The van der Waals surface area contributed by atoms with Crippen molar-refractivity contribution in [1.29, 1.82) is 0 Å². The van der Waals surface area contributed by atoms with Crippen molar-refractivity contribution in [1.82, 2.24) is 16.0 Å². The van der Waals surface area contributed by atoms with Crippen molar-refractivity contribution in [3.63, 3.8) is 0 Å². The van der Waals surface area contributed by atoms with Crippen LogP contribution in [-0.4, -0.2) is 38.1 Å². The quantitative estimate of drug-likeness (QED) is 0.774. The summed E-state index contributed by atoms with van der Waals surface area (Å²) in [6.07, 6.45) is 7.30. The molecular formula is C21H30FN3O. The van der Waals surface area contributed by atoms with Gasteiger partial charge in [-0.05, 0) is 62.2 Å². The van der Waals surface area contributed by atoms with Gasteiger partial charge in [0.05, 0.1) is 6.04 Å². The van der Waals surface area contributed by atoms with Crippen LogP contribution in [0.5, 0.6) is 0 Å². The molecule has 142 valence electrons. The highest BCUT2D eigenvalue weighted by Crippen LogP contribution is 2.42. The van der Waals surface area contributed by atoms with Crippen LogP contribution in [0.2, 0.25) is 0 Å². The van der Waals surface area contributed by atoms with Gasteiger partial charge in [-0.25, -0.2) is 4.39 Å². The molecule has 1 aromatic rings. The molecule has 2 heterocycles. The Balaban J connectivity index is 1.41. The SMILES string of the molecule is O=C(NCC1(c2ccccc2F)CCCC1)[C@H]1CC2(CCNCC2)CN1. The van der Waals surface area contributed by atoms with Crippen molar-refractivity contribution < 1.29 is 9.18 Å². The molecule has 0 unspecified atom stereocenters. The van der Waals surface area contributed by atoms with E-state index in [-0.39, 0.29) is 28.6 Å². The fourth-order valence-electron chi connectivity index (χ4n) is 5.30. The van der Waals surface area contributed by atoms with Gasteiger partial charge in [0.1, 0.15) is 5.82 Å². The summed E-state index contributed by atoms with van der Waals surface area (Å²) in [5.41, 5.74) is 0.808. The summed E-state index contributed by atoms with van der Waals surface area (Å²) in [5.74, 6) is -0.0562. The van der Waals surface area contributed by atoms with Crippen LogP contribution in [0.3, 0.4) is 0 Å². The molecule has 1 aromatic carbocycles. The molecule has 1 spiro atoms. The maximum atomic E-state index is 14.4. The summed E-state index contributed by atoms with van der Waals surface area (Å²) >= 11 is 0. The number of rotatable bonds is 4. The molecule has 5 heteroatoms. The first-order valence-electron chi connectivity index (χ1n) is 10.1. The number of benzene rings is 1. The first-order chi connectivity index (χ1) is 12.6. The van der Waals surface area contributed by atoms with Crippen molar-refractivity contribution in [2.45, 2.75) is 56.4 Å². The van der Waals surface area contributed by atoms with E-state index in [0.717, 1.165) is 70.1 Å². The summed E-state index contributed by atoms with van der Waals surface area (Å²) < 4.78 is 14.4. The topological polar surface area (TPSA) is 53.2 Å². The average Bonchev–Trinajstić information content (AvgIpc) is 3.29. The Morgan fingerprint density at radius 1 is 1.15 bits per heavy atom. The number of hydrogen-bond donors (Lipinski definition) is 3. The monoisotopic (exact) mass is 359 g/mol. The lowest BCUT2D eigenvalue weighted by atomic mass is 9.77. The third-order valence-electron chi connectivity index (χ3n) is 6.95. The molecule has 2 saturated heterocycles. The van der Waals surface area contributed by atoms with E-state index in [0.29, 0.717) is 6.54 Å². The number of hydrogen-bond acceptors (Lipinski definition) is 3. The lowest BCUT2D eigenvalue weighted by molar-refractivity contribution is -0.123. The molecule has 3 N–H and O–H groups in total. The fourth-order valence-corrected chi connectivity index (χ4v) is 5.30. The fraction of sp³-hybridized carbons (Fsp3) is 0.667. The van der Waals surface area contributed by atoms with E-state index in [1.165, 1.54) is 6.07 Å². The first-order valence-corrected chi connectivity index (χ1v) is 10.1. The van der Waals surface area contributed by atoms with Crippen molar-refractivity contribution >= 4 is 5.91 Å². The first kappa shape index (κ1) is 17.9. The lowest BCUT2D eigenvalue weighted by Gasteiger charge is -2.33. The number of halogens is 1. The standard InChI is InChI=1S/C21H30FN3O/c22-17-6-2-1-5-16(17)21(7-3-4-8-21)15-25-19(26)18-13-20(14-24-18)9-11-23-12-10-20/h1-2,5-6,18,23-24H,3-4,7-15H2,(H,25,26)/t18-/m1/s1. The molecular weight excluding hydrogens is 329 g/mol. The number of carbonyl (C=O) groups is 1. The Morgan fingerprint density at radius 3 is 2.62 bits per heavy atom. The van der Waals surface area contributed by atoms with Gasteiger partial charge in [-0.15, -0.1) is 0 Å². The van der Waals surface area contributed by atoms with Crippen molar-refractivity contribution in [2.24, 2.45) is 5.41 Å². The molecule has 0 bridgehead atoms. The molecule has 4 rings (SSSR count). The Labute approximate surface area is 155 Å². The molecule has 3 fully saturated rings. The van der Waals surface area contributed by atoms with Gasteiger partial charge in [0.25, 0.3) is 0 Å². The van der Waals surface area contributed by atoms with Crippen LogP contribution in [0.15, 0.2) is 24.3 Å². The zero-order chi connectivity index (χ0) is 18.0. The Hall–Kier alpha value is -1.46. The van der Waals surface area contributed by atoms with Crippen LogP contribution in [0, 0.1) is 11.2 Å². The molecule has 4 nitrogen and oxygen atoms in total. The second-order valence-corrected chi connectivity index (χ2v) is 8.57. The van der Waals surface area contributed by atoms with Gasteiger partial charge >= 0.3 is 0 Å². The van der Waals surface area contributed by atoms with Crippen LogP contribution in [-0.2, 0) is 10.2 Å². The maximum Gasteiger partial charge on any atom is 0.237 e. The summed E-state index contributed by atoms with van der Waals surface area (Å²) in [7, 11) is 0. The molecule has 1 saturated carbocycles. The van der Waals surface area contributed by atoms with Gasteiger partial charge < -0.3 is 16.0 Å². The van der Waals surface area contributed by atoms with Crippen molar-refractivity contribution in [2.75, 3.05) is 26.2 Å². The molecule has 3 aliphatic rings. The van der Waals surface area contributed by atoms with Gasteiger partial charge in [0, 0.05) is 18.5 Å².